The van der Waals surface area contributed by atoms with Gasteiger partial charge in [0.1, 0.15) is 0 Å². The van der Waals surface area contributed by atoms with Crippen molar-refractivity contribution in [1.82, 2.24) is 9.13 Å². The summed E-state index contributed by atoms with van der Waals surface area (Å²) in [6.07, 6.45) is 0. The Morgan fingerprint density at radius 3 is 1.65 bits per heavy atom. The molecule has 0 N–H and O–H groups in total. The lowest BCUT2D eigenvalue weighted by atomic mass is 9.98. The lowest BCUT2D eigenvalue weighted by Gasteiger charge is -2.10. The Bertz CT molecular complexity index is 3120. The van der Waals surface area contributed by atoms with E-state index in [9.17, 15) is 0 Å². The van der Waals surface area contributed by atoms with Crippen LogP contribution in [0.1, 0.15) is 0 Å². The molecule has 0 spiro atoms. The second kappa shape index (κ2) is 11.0. The number of thiophene rings is 1. The lowest BCUT2D eigenvalue weighted by molar-refractivity contribution is 1.18. The Labute approximate surface area is 298 Å². The van der Waals surface area contributed by atoms with Crippen LogP contribution in [-0.4, -0.2) is 9.13 Å². The number of aromatic nitrogens is 2. The molecular formula is C48H30N2S. The molecular weight excluding hydrogens is 637 g/mol. The summed E-state index contributed by atoms with van der Waals surface area (Å²) < 4.78 is 7.49. The molecule has 0 unspecified atom stereocenters. The van der Waals surface area contributed by atoms with Gasteiger partial charge in [-0.25, -0.2) is 0 Å². The van der Waals surface area contributed by atoms with Gasteiger partial charge >= 0.3 is 0 Å². The van der Waals surface area contributed by atoms with Crippen molar-refractivity contribution in [3.63, 3.8) is 0 Å². The maximum Gasteiger partial charge on any atom is 0.0640 e. The van der Waals surface area contributed by atoms with Crippen molar-refractivity contribution in [3.8, 4) is 33.6 Å². The second-order valence-corrected chi connectivity index (χ2v) is 14.4. The van der Waals surface area contributed by atoms with E-state index < -0.39 is 0 Å². The SMILES string of the molecule is c1ccc(-n2c3ccccc3c3ccc(-c4ccc(-c5ccc6c(c5)c5ccccc5n6-c5cccc6c5sc5ccccc56)cc4)cc32)cc1. The van der Waals surface area contributed by atoms with Crippen LogP contribution < -0.4 is 0 Å². The first-order chi connectivity index (χ1) is 25.3. The van der Waals surface area contributed by atoms with E-state index in [1.807, 2.05) is 11.3 Å². The molecule has 0 atom stereocenters. The van der Waals surface area contributed by atoms with E-state index in [-0.39, 0.29) is 0 Å². The minimum absolute atomic E-state index is 1.17. The van der Waals surface area contributed by atoms with Crippen molar-refractivity contribution in [2.75, 3.05) is 0 Å². The molecule has 0 aliphatic rings. The molecule has 0 fully saturated rings. The van der Waals surface area contributed by atoms with Crippen LogP contribution in [-0.2, 0) is 0 Å². The molecule has 3 heteroatoms. The number of para-hydroxylation sites is 3. The van der Waals surface area contributed by atoms with E-state index in [0.29, 0.717) is 0 Å². The highest BCUT2D eigenvalue weighted by molar-refractivity contribution is 7.26. The van der Waals surface area contributed by atoms with E-state index in [4.69, 9.17) is 0 Å². The van der Waals surface area contributed by atoms with E-state index in [1.54, 1.807) is 0 Å². The quantitative estimate of drug-likeness (QED) is 0.177. The second-order valence-electron chi connectivity index (χ2n) is 13.3. The predicted molar refractivity (Wildman–Crippen MR) is 219 cm³/mol. The number of rotatable bonds is 4. The van der Waals surface area contributed by atoms with Crippen molar-refractivity contribution in [2.24, 2.45) is 0 Å². The van der Waals surface area contributed by atoms with Crippen molar-refractivity contribution < 1.29 is 0 Å². The highest BCUT2D eigenvalue weighted by atomic mass is 32.1. The van der Waals surface area contributed by atoms with Gasteiger partial charge in [0, 0.05) is 42.7 Å². The largest absolute Gasteiger partial charge is 0.309 e. The van der Waals surface area contributed by atoms with Crippen LogP contribution >= 0.6 is 11.3 Å². The van der Waals surface area contributed by atoms with Gasteiger partial charge < -0.3 is 9.13 Å². The van der Waals surface area contributed by atoms with Crippen molar-refractivity contribution in [1.29, 1.82) is 0 Å². The molecule has 0 amide bonds. The third-order valence-corrected chi connectivity index (χ3v) is 11.7. The maximum atomic E-state index is 2.46. The standard InChI is InChI=1S/C48H30N2S/c1-2-11-35(12-3-1)49-42-17-7-4-13-36(42)38-27-25-34(30-46(38)49)32-23-21-31(22-24-32)33-26-28-44-41(29-33)37-14-5-8-18-43(37)50(44)45-19-10-16-40-39-15-6-9-20-47(39)51-48(40)45/h1-30H. The molecule has 2 nitrogen and oxygen atoms in total. The summed E-state index contributed by atoms with van der Waals surface area (Å²) in [5.74, 6) is 0. The summed E-state index contributed by atoms with van der Waals surface area (Å²) in [5.41, 5.74) is 12.2. The molecule has 0 saturated carbocycles. The Morgan fingerprint density at radius 2 is 0.863 bits per heavy atom. The van der Waals surface area contributed by atoms with Gasteiger partial charge in [0.2, 0.25) is 0 Å². The van der Waals surface area contributed by atoms with Crippen LogP contribution in [0.2, 0.25) is 0 Å². The molecule has 51 heavy (non-hydrogen) atoms. The van der Waals surface area contributed by atoms with Crippen LogP contribution in [0.3, 0.4) is 0 Å². The van der Waals surface area contributed by atoms with E-state index in [1.165, 1.54) is 97.4 Å². The average molecular weight is 667 g/mol. The zero-order valence-electron chi connectivity index (χ0n) is 27.6. The highest BCUT2D eigenvalue weighted by Crippen LogP contribution is 2.42. The van der Waals surface area contributed by atoms with Gasteiger partial charge in [-0.1, -0.05) is 127 Å². The van der Waals surface area contributed by atoms with Gasteiger partial charge in [-0.15, -0.1) is 11.3 Å². The van der Waals surface area contributed by atoms with Crippen LogP contribution in [0.4, 0.5) is 0 Å². The number of hydrogen-bond donors (Lipinski definition) is 0. The smallest absolute Gasteiger partial charge is 0.0640 e. The number of benzene rings is 8. The molecule has 0 saturated heterocycles. The van der Waals surface area contributed by atoms with Crippen LogP contribution in [0.25, 0.3) is 97.4 Å². The Kier molecular flexibility index (Phi) is 6.16. The number of fused-ring (bicyclic) bond motifs is 9. The van der Waals surface area contributed by atoms with Crippen molar-refractivity contribution in [3.05, 3.63) is 182 Å². The summed E-state index contributed by atoms with van der Waals surface area (Å²) in [6.45, 7) is 0. The Balaban J connectivity index is 1.02. The summed E-state index contributed by atoms with van der Waals surface area (Å²) in [4.78, 5) is 0. The highest BCUT2D eigenvalue weighted by Gasteiger charge is 2.17. The average Bonchev–Trinajstić information content (AvgIpc) is 3.86. The third-order valence-electron chi connectivity index (χ3n) is 10.5. The molecule has 0 aliphatic carbocycles. The van der Waals surface area contributed by atoms with Crippen LogP contribution in [0.5, 0.6) is 0 Å². The zero-order chi connectivity index (χ0) is 33.5. The molecule has 3 heterocycles. The zero-order valence-corrected chi connectivity index (χ0v) is 28.4. The Hall–Kier alpha value is -6.42. The van der Waals surface area contributed by atoms with Crippen LogP contribution in [0, 0.1) is 0 Å². The van der Waals surface area contributed by atoms with E-state index >= 15 is 0 Å². The predicted octanol–water partition coefficient (Wildman–Crippen LogP) is 13.6. The van der Waals surface area contributed by atoms with E-state index in [0.717, 1.165) is 0 Å². The van der Waals surface area contributed by atoms with Gasteiger partial charge in [0.25, 0.3) is 0 Å². The van der Waals surface area contributed by atoms with Gasteiger partial charge in [-0.05, 0) is 76.9 Å². The first-order valence-corrected chi connectivity index (χ1v) is 18.3. The minimum Gasteiger partial charge on any atom is -0.309 e. The monoisotopic (exact) mass is 666 g/mol. The molecule has 0 aliphatic heterocycles. The molecule has 0 bridgehead atoms. The fourth-order valence-corrected chi connectivity index (χ4v) is 9.39. The van der Waals surface area contributed by atoms with Gasteiger partial charge in [-0.3, -0.25) is 0 Å². The summed E-state index contributed by atoms with van der Waals surface area (Å²) in [7, 11) is 0. The molecule has 11 rings (SSSR count). The fourth-order valence-electron chi connectivity index (χ4n) is 8.18. The molecule has 11 aromatic rings. The summed E-state index contributed by atoms with van der Waals surface area (Å²) >= 11 is 1.88. The first-order valence-electron chi connectivity index (χ1n) is 17.4. The maximum absolute atomic E-state index is 2.46. The van der Waals surface area contributed by atoms with E-state index in [2.05, 4.69) is 191 Å². The Morgan fingerprint density at radius 1 is 0.314 bits per heavy atom. The van der Waals surface area contributed by atoms with Gasteiger partial charge in [0.15, 0.2) is 0 Å². The third kappa shape index (κ3) is 4.29. The van der Waals surface area contributed by atoms with Gasteiger partial charge in [0.05, 0.1) is 32.5 Å². The summed E-state index contributed by atoms with van der Waals surface area (Å²) in [5, 5.41) is 7.72. The minimum atomic E-state index is 1.17. The molecule has 8 aromatic carbocycles. The molecule has 3 aromatic heterocycles. The lowest BCUT2D eigenvalue weighted by Crippen LogP contribution is -1.93. The molecule has 238 valence electrons. The fraction of sp³-hybridized carbons (Fsp3) is 0. The van der Waals surface area contributed by atoms with Crippen LogP contribution in [0.15, 0.2) is 182 Å². The molecule has 0 radical (unpaired) electrons. The topological polar surface area (TPSA) is 9.86 Å². The normalized spacial score (nSPS) is 11.9. The number of hydrogen-bond acceptors (Lipinski definition) is 1. The van der Waals surface area contributed by atoms with Gasteiger partial charge in [-0.2, -0.15) is 0 Å². The first kappa shape index (κ1) is 28.4. The summed E-state index contributed by atoms with van der Waals surface area (Å²) in [6, 6.07) is 66.6. The number of nitrogens with zero attached hydrogens (tertiary/aromatic N) is 2. The van der Waals surface area contributed by atoms with Crippen molar-refractivity contribution >= 4 is 75.1 Å². The van der Waals surface area contributed by atoms with Crippen molar-refractivity contribution in [2.45, 2.75) is 0 Å².